The number of carboxylic acid groups (broad SMARTS) is 1. The van der Waals surface area contributed by atoms with Crippen molar-refractivity contribution in [2.75, 3.05) is 5.75 Å². The largest absolute Gasteiger partial charge is 0.481 e. The van der Waals surface area contributed by atoms with Gasteiger partial charge in [0.1, 0.15) is 4.34 Å². The number of halogens is 3. The summed E-state index contributed by atoms with van der Waals surface area (Å²) in [5, 5.41) is 9.92. The van der Waals surface area contributed by atoms with Crippen molar-refractivity contribution in [3.63, 3.8) is 0 Å². The molecule has 1 aromatic carbocycles. The van der Waals surface area contributed by atoms with Crippen LogP contribution in [0, 0.1) is 13.8 Å². The number of aromatic nitrogens is 1. The summed E-state index contributed by atoms with van der Waals surface area (Å²) in [6, 6.07) is 4.04. The van der Waals surface area contributed by atoms with Gasteiger partial charge in [-0.1, -0.05) is 37.6 Å². The number of thiophene rings is 1. The quantitative estimate of drug-likeness (QED) is 0.285. The van der Waals surface area contributed by atoms with Gasteiger partial charge < -0.3 is 5.11 Å². The highest BCUT2D eigenvalue weighted by molar-refractivity contribution is 8.01. The average Bonchev–Trinajstić information content (AvgIpc) is 3.22. The molecule has 1 atom stereocenters. The lowest BCUT2D eigenvalue weighted by Gasteiger charge is -2.16. The molecule has 0 saturated carbocycles. The van der Waals surface area contributed by atoms with Crippen molar-refractivity contribution in [3.05, 3.63) is 44.8 Å². The zero-order valence-corrected chi connectivity index (χ0v) is 20.7. The molecule has 0 saturated heterocycles. The van der Waals surface area contributed by atoms with Crippen molar-refractivity contribution >= 4 is 50.5 Å². The second-order valence-electron chi connectivity index (χ2n) is 7.84. The number of benzene rings is 1. The molecular formula is C23H26F3NO2S3. The molecule has 3 rings (SSSR count). The molecule has 3 nitrogen and oxygen atoms in total. The van der Waals surface area contributed by atoms with Gasteiger partial charge in [0.15, 0.2) is 0 Å². The number of thiazole rings is 1. The first-order valence-electron chi connectivity index (χ1n) is 10.5. The highest BCUT2D eigenvalue weighted by Crippen LogP contribution is 2.42. The number of carboxylic acids is 1. The molecule has 0 spiro atoms. The predicted octanol–water partition coefficient (Wildman–Crippen LogP) is 8.08. The molecule has 1 N–H and O–H groups in total. The lowest BCUT2D eigenvalue weighted by molar-refractivity contribution is -0.138. The van der Waals surface area contributed by atoms with Gasteiger partial charge >= 0.3 is 12.1 Å². The van der Waals surface area contributed by atoms with E-state index in [0.29, 0.717) is 4.70 Å². The first-order valence-corrected chi connectivity index (χ1v) is 13.1. The maximum atomic E-state index is 13.1. The van der Waals surface area contributed by atoms with Crippen LogP contribution < -0.4 is 0 Å². The predicted molar refractivity (Wildman–Crippen MR) is 127 cm³/mol. The Hall–Kier alpha value is -1.58. The molecule has 9 heteroatoms. The second kappa shape index (κ2) is 10.6. The summed E-state index contributed by atoms with van der Waals surface area (Å²) in [6.45, 7) is 5.98. The summed E-state index contributed by atoms with van der Waals surface area (Å²) < 4.78 is 41.0. The van der Waals surface area contributed by atoms with Crippen molar-refractivity contribution in [2.24, 2.45) is 0 Å². The summed E-state index contributed by atoms with van der Waals surface area (Å²) in [6.07, 6.45) is -0.318. The van der Waals surface area contributed by atoms with Crippen LogP contribution in [0.4, 0.5) is 13.2 Å². The van der Waals surface area contributed by atoms with E-state index >= 15 is 0 Å². The summed E-state index contributed by atoms with van der Waals surface area (Å²) in [7, 11) is 0. The van der Waals surface area contributed by atoms with E-state index in [2.05, 4.69) is 11.9 Å². The topological polar surface area (TPSA) is 50.2 Å². The van der Waals surface area contributed by atoms with Gasteiger partial charge in [-0.2, -0.15) is 13.2 Å². The number of hydrogen-bond acceptors (Lipinski definition) is 5. The Morgan fingerprint density at radius 3 is 2.62 bits per heavy atom. The number of aliphatic carboxylic acids is 1. The van der Waals surface area contributed by atoms with Crippen molar-refractivity contribution in [2.45, 2.75) is 69.3 Å². The monoisotopic (exact) mass is 501 g/mol. The van der Waals surface area contributed by atoms with E-state index < -0.39 is 17.7 Å². The fourth-order valence-electron chi connectivity index (χ4n) is 3.72. The van der Waals surface area contributed by atoms with Crippen LogP contribution in [0.15, 0.2) is 22.5 Å². The third-order valence-corrected chi connectivity index (χ3v) is 9.21. The number of alkyl halides is 3. The molecule has 0 radical (unpaired) electrons. The Labute approximate surface area is 198 Å². The molecule has 0 bridgehead atoms. The Balaban J connectivity index is 1.77. The van der Waals surface area contributed by atoms with Crippen molar-refractivity contribution < 1.29 is 23.1 Å². The van der Waals surface area contributed by atoms with Gasteiger partial charge in [0.05, 0.1) is 17.7 Å². The lowest BCUT2D eigenvalue weighted by Crippen LogP contribution is -2.03. The molecule has 0 amide bonds. The second-order valence-corrected chi connectivity index (χ2v) is 11.3. The van der Waals surface area contributed by atoms with Gasteiger partial charge in [-0.05, 0) is 55.7 Å². The molecule has 0 aliphatic rings. The van der Waals surface area contributed by atoms with Crippen LogP contribution in [0.25, 0.3) is 10.1 Å². The van der Waals surface area contributed by atoms with Crippen LogP contribution in [0.3, 0.4) is 0 Å². The molecule has 3 aromatic rings. The van der Waals surface area contributed by atoms with Crippen LogP contribution in [0.5, 0.6) is 0 Å². The number of carbonyl (C=O) groups is 1. The number of nitrogens with zero attached hydrogens (tertiary/aromatic N) is 1. The van der Waals surface area contributed by atoms with E-state index in [1.54, 1.807) is 17.8 Å². The fraction of sp³-hybridized carbons (Fsp3) is 0.478. The van der Waals surface area contributed by atoms with Crippen molar-refractivity contribution in [1.29, 1.82) is 0 Å². The van der Waals surface area contributed by atoms with E-state index in [1.165, 1.54) is 39.7 Å². The number of thioether (sulfide) groups is 1. The lowest BCUT2D eigenvalue weighted by atomic mass is 9.94. The molecule has 174 valence electrons. The average molecular weight is 502 g/mol. The first-order chi connectivity index (χ1) is 15.1. The van der Waals surface area contributed by atoms with Gasteiger partial charge in [0, 0.05) is 20.2 Å². The van der Waals surface area contributed by atoms with E-state index in [4.69, 9.17) is 5.11 Å². The van der Waals surface area contributed by atoms with E-state index in [0.717, 1.165) is 57.3 Å². The van der Waals surface area contributed by atoms with Gasteiger partial charge in [0.2, 0.25) is 0 Å². The third-order valence-electron chi connectivity index (χ3n) is 5.46. The summed E-state index contributed by atoms with van der Waals surface area (Å²) in [5.41, 5.74) is 1.25. The minimum absolute atomic E-state index is 0.00984. The molecule has 0 aliphatic carbocycles. The van der Waals surface area contributed by atoms with Gasteiger partial charge in [0.25, 0.3) is 0 Å². The zero-order valence-electron chi connectivity index (χ0n) is 18.2. The highest BCUT2D eigenvalue weighted by Gasteiger charge is 2.31. The van der Waals surface area contributed by atoms with Crippen molar-refractivity contribution in [3.8, 4) is 0 Å². The number of hydrogen-bond donors (Lipinski definition) is 1. The highest BCUT2D eigenvalue weighted by atomic mass is 32.2. The van der Waals surface area contributed by atoms with Crippen LogP contribution in [0.1, 0.15) is 65.1 Å². The molecule has 32 heavy (non-hydrogen) atoms. The molecular weight excluding hydrogens is 475 g/mol. The number of unbranched alkanes of at least 4 members (excludes halogenated alkanes) is 1. The Morgan fingerprint density at radius 1 is 1.22 bits per heavy atom. The Morgan fingerprint density at radius 2 is 1.97 bits per heavy atom. The van der Waals surface area contributed by atoms with Crippen molar-refractivity contribution in [1.82, 2.24) is 4.98 Å². The van der Waals surface area contributed by atoms with Crippen LogP contribution in [-0.4, -0.2) is 21.8 Å². The van der Waals surface area contributed by atoms with E-state index in [-0.39, 0.29) is 12.3 Å². The summed E-state index contributed by atoms with van der Waals surface area (Å²) in [5.74, 6) is 0.255. The zero-order chi connectivity index (χ0) is 23.5. The molecule has 1 unspecified atom stereocenters. The standard InChI is InChI=1S/C23H26F3NO2S3/c1-4-5-6-15(9-10-30-22-27-14(3)18(32-22)12-20(28)29)21-13(2)17-8-7-16(23(24,25)26)11-19(17)31-21/h7-8,11,15H,4-6,9-10,12H2,1-3H3,(H,28,29). The molecule has 0 fully saturated rings. The van der Waals surface area contributed by atoms with Gasteiger partial charge in [-0.3, -0.25) is 4.79 Å². The molecule has 2 aromatic heterocycles. The SMILES string of the molecule is CCCCC(CCSc1nc(C)c(CC(=O)O)s1)c1sc2cc(C(F)(F)F)ccc2c1C. The van der Waals surface area contributed by atoms with Crippen LogP contribution in [0.2, 0.25) is 0 Å². The summed E-state index contributed by atoms with van der Waals surface area (Å²) in [4.78, 5) is 17.4. The summed E-state index contributed by atoms with van der Waals surface area (Å²) >= 11 is 4.54. The number of aryl methyl sites for hydroxylation is 2. The van der Waals surface area contributed by atoms with E-state index in [1.807, 2.05) is 13.8 Å². The Kier molecular flexibility index (Phi) is 8.27. The number of fused-ring (bicyclic) bond motifs is 1. The van der Waals surface area contributed by atoms with Gasteiger partial charge in [-0.25, -0.2) is 4.98 Å². The smallest absolute Gasteiger partial charge is 0.416 e. The normalized spacial score (nSPS) is 13.1. The fourth-order valence-corrected chi connectivity index (χ4v) is 7.49. The maximum absolute atomic E-state index is 13.1. The van der Waals surface area contributed by atoms with Gasteiger partial charge in [-0.15, -0.1) is 22.7 Å². The Bertz CT molecular complexity index is 1090. The van der Waals surface area contributed by atoms with E-state index in [9.17, 15) is 18.0 Å². The molecule has 2 heterocycles. The molecule has 0 aliphatic heterocycles. The minimum atomic E-state index is -4.34. The van der Waals surface area contributed by atoms with Crippen LogP contribution >= 0.6 is 34.4 Å². The number of rotatable bonds is 10. The maximum Gasteiger partial charge on any atom is 0.416 e. The van der Waals surface area contributed by atoms with Crippen LogP contribution in [-0.2, 0) is 17.4 Å². The minimum Gasteiger partial charge on any atom is -0.481 e. The first kappa shape index (κ1) is 25.1. The third kappa shape index (κ3) is 6.05.